The van der Waals surface area contributed by atoms with Gasteiger partial charge >= 0.3 is 7.48 Å². The smallest absolute Gasteiger partial charge is 0.330 e. The number of hydrogen-bond acceptors (Lipinski definition) is 1. The molecule has 0 spiro atoms. The molecule has 1 radical (unpaired) electrons. The van der Waals surface area contributed by atoms with E-state index in [2.05, 4.69) is 0 Å². The van der Waals surface area contributed by atoms with E-state index in [1.165, 1.54) is 0 Å². The van der Waals surface area contributed by atoms with Gasteiger partial charge in [0.15, 0.2) is 0 Å². The molecule has 0 aliphatic rings. The fourth-order valence-electron chi connectivity index (χ4n) is 0.776. The topological polar surface area (TPSA) is 9.23 Å². The van der Waals surface area contributed by atoms with Crippen LogP contribution in [-0.2, 0) is 4.65 Å². The molecule has 2 heteroatoms. The van der Waals surface area contributed by atoms with Gasteiger partial charge < -0.3 is 4.65 Å². The summed E-state index contributed by atoms with van der Waals surface area (Å²) in [6.45, 7) is 6.10. The molecule has 0 fully saturated rings. The lowest BCUT2D eigenvalue weighted by Gasteiger charge is -2.19. The molecule has 0 saturated heterocycles. The summed E-state index contributed by atoms with van der Waals surface area (Å²) in [5.41, 5.74) is 1.00. The van der Waals surface area contributed by atoms with E-state index in [1.807, 2.05) is 51.1 Å². The maximum Gasteiger partial charge on any atom is 0.330 e. The molecule has 1 rings (SSSR count). The Labute approximate surface area is 75.0 Å². The minimum atomic E-state index is -0.101. The molecule has 0 aliphatic heterocycles. The lowest BCUT2D eigenvalue weighted by atomic mass is 9.87. The van der Waals surface area contributed by atoms with E-state index in [0.717, 1.165) is 5.46 Å². The van der Waals surface area contributed by atoms with Gasteiger partial charge in [-0.2, -0.15) is 0 Å². The van der Waals surface area contributed by atoms with Crippen molar-refractivity contribution in [3.8, 4) is 0 Å². The van der Waals surface area contributed by atoms with Crippen LogP contribution in [0.4, 0.5) is 0 Å². The van der Waals surface area contributed by atoms with Crippen molar-refractivity contribution in [2.75, 3.05) is 0 Å². The molecule has 1 nitrogen and oxygen atoms in total. The van der Waals surface area contributed by atoms with E-state index in [1.54, 1.807) is 7.48 Å². The summed E-state index contributed by atoms with van der Waals surface area (Å²) in [6, 6.07) is 10.0. The predicted molar refractivity (Wildman–Crippen MR) is 52.7 cm³/mol. The third-order valence-electron chi connectivity index (χ3n) is 1.35. The summed E-state index contributed by atoms with van der Waals surface area (Å²) in [6.07, 6.45) is 0. The molecule has 0 aliphatic carbocycles. The van der Waals surface area contributed by atoms with Gasteiger partial charge in [-0.1, -0.05) is 35.8 Å². The molecule has 0 bridgehead atoms. The Balaban J connectivity index is 2.44. The second-order valence-electron chi connectivity index (χ2n) is 3.76. The number of benzene rings is 1. The molecule has 1 aromatic rings. The van der Waals surface area contributed by atoms with Crippen LogP contribution in [0.3, 0.4) is 0 Å². The first-order valence-corrected chi connectivity index (χ1v) is 4.14. The Kier molecular flexibility index (Phi) is 2.93. The Morgan fingerprint density at radius 2 is 1.67 bits per heavy atom. The highest BCUT2D eigenvalue weighted by atomic mass is 16.5. The van der Waals surface area contributed by atoms with Crippen molar-refractivity contribution >= 4 is 12.9 Å². The van der Waals surface area contributed by atoms with Gasteiger partial charge in [-0.15, -0.1) is 0 Å². The summed E-state index contributed by atoms with van der Waals surface area (Å²) in [5, 5.41) is 0. The first kappa shape index (κ1) is 9.33. The maximum atomic E-state index is 5.49. The van der Waals surface area contributed by atoms with Crippen LogP contribution >= 0.6 is 0 Å². The predicted octanol–water partition coefficient (Wildman–Crippen LogP) is 1.75. The Bertz CT molecular complexity index is 225. The van der Waals surface area contributed by atoms with Crippen molar-refractivity contribution in [3.63, 3.8) is 0 Å². The summed E-state index contributed by atoms with van der Waals surface area (Å²) in [4.78, 5) is 0. The maximum absolute atomic E-state index is 5.49. The van der Waals surface area contributed by atoms with Crippen LogP contribution in [0.1, 0.15) is 20.8 Å². The molecule has 12 heavy (non-hydrogen) atoms. The van der Waals surface area contributed by atoms with Gasteiger partial charge in [0, 0.05) is 5.60 Å². The summed E-state index contributed by atoms with van der Waals surface area (Å²) in [7, 11) is 1.79. The van der Waals surface area contributed by atoms with E-state index >= 15 is 0 Å². The van der Waals surface area contributed by atoms with E-state index in [0.29, 0.717) is 0 Å². The number of rotatable bonds is 2. The largest absolute Gasteiger partial charge is 0.430 e. The van der Waals surface area contributed by atoms with Crippen molar-refractivity contribution in [1.82, 2.24) is 0 Å². The molecule has 0 aromatic heterocycles. The summed E-state index contributed by atoms with van der Waals surface area (Å²) in [5.74, 6) is 0. The fourth-order valence-corrected chi connectivity index (χ4v) is 0.776. The summed E-state index contributed by atoms with van der Waals surface area (Å²) < 4.78 is 5.49. The van der Waals surface area contributed by atoms with Crippen LogP contribution in [0.15, 0.2) is 30.3 Å². The molecule has 0 heterocycles. The van der Waals surface area contributed by atoms with Crippen LogP contribution in [0.5, 0.6) is 0 Å². The Morgan fingerprint density at radius 1 is 1.08 bits per heavy atom. The van der Waals surface area contributed by atoms with E-state index < -0.39 is 0 Å². The molecule has 63 valence electrons. The van der Waals surface area contributed by atoms with Crippen molar-refractivity contribution < 1.29 is 4.65 Å². The first-order valence-electron chi connectivity index (χ1n) is 4.14. The zero-order valence-electron chi connectivity index (χ0n) is 7.87. The van der Waals surface area contributed by atoms with Gasteiger partial charge in [-0.25, -0.2) is 0 Å². The second-order valence-corrected chi connectivity index (χ2v) is 3.76. The van der Waals surface area contributed by atoms with Crippen LogP contribution in [0, 0.1) is 0 Å². The SMILES string of the molecule is CC(C)(C)O[B]c1ccccc1. The standard InChI is InChI=1S/C10H14BO/c1-10(2,3)12-11-9-7-5-4-6-8-9/h4-8H,1-3H3. The van der Waals surface area contributed by atoms with Crippen LogP contribution < -0.4 is 5.46 Å². The van der Waals surface area contributed by atoms with Gasteiger partial charge in [0.2, 0.25) is 0 Å². The van der Waals surface area contributed by atoms with Gasteiger partial charge in [-0.05, 0) is 20.8 Å². The van der Waals surface area contributed by atoms with Gasteiger partial charge in [-0.3, -0.25) is 0 Å². The summed E-state index contributed by atoms with van der Waals surface area (Å²) >= 11 is 0. The van der Waals surface area contributed by atoms with Gasteiger partial charge in [0.25, 0.3) is 0 Å². The first-order chi connectivity index (χ1) is 5.58. The Morgan fingerprint density at radius 3 is 2.17 bits per heavy atom. The van der Waals surface area contributed by atoms with E-state index in [-0.39, 0.29) is 5.60 Å². The second kappa shape index (κ2) is 3.77. The van der Waals surface area contributed by atoms with Crippen molar-refractivity contribution in [2.45, 2.75) is 26.4 Å². The minimum Gasteiger partial charge on any atom is -0.430 e. The highest BCUT2D eigenvalue weighted by molar-refractivity contribution is 6.46. The Hall–Kier alpha value is -0.755. The van der Waals surface area contributed by atoms with Crippen molar-refractivity contribution in [1.29, 1.82) is 0 Å². The normalized spacial score (nSPS) is 11.2. The van der Waals surface area contributed by atoms with E-state index in [4.69, 9.17) is 4.65 Å². The van der Waals surface area contributed by atoms with Crippen LogP contribution in [-0.4, -0.2) is 13.1 Å². The van der Waals surface area contributed by atoms with Crippen molar-refractivity contribution in [2.24, 2.45) is 0 Å². The van der Waals surface area contributed by atoms with Gasteiger partial charge in [0.05, 0.1) is 0 Å². The molecule has 0 amide bonds. The highest BCUT2D eigenvalue weighted by Gasteiger charge is 2.10. The zero-order chi connectivity index (χ0) is 9.03. The van der Waals surface area contributed by atoms with Crippen LogP contribution in [0.2, 0.25) is 0 Å². The zero-order valence-corrected chi connectivity index (χ0v) is 7.87. The molecule has 1 aromatic carbocycles. The third-order valence-corrected chi connectivity index (χ3v) is 1.35. The number of hydrogen-bond donors (Lipinski definition) is 0. The quantitative estimate of drug-likeness (QED) is 0.600. The average molecular weight is 161 g/mol. The monoisotopic (exact) mass is 161 g/mol. The van der Waals surface area contributed by atoms with Crippen LogP contribution in [0.25, 0.3) is 0 Å². The molecule has 0 saturated carbocycles. The average Bonchev–Trinajstić information content (AvgIpc) is 2.02. The third kappa shape index (κ3) is 3.58. The lowest BCUT2D eigenvalue weighted by molar-refractivity contribution is 0.142. The van der Waals surface area contributed by atoms with E-state index in [9.17, 15) is 0 Å². The highest BCUT2D eigenvalue weighted by Crippen LogP contribution is 2.04. The lowest BCUT2D eigenvalue weighted by Crippen LogP contribution is -2.28. The van der Waals surface area contributed by atoms with Crippen molar-refractivity contribution in [3.05, 3.63) is 30.3 Å². The molecular weight excluding hydrogens is 147 g/mol. The molecule has 0 N–H and O–H groups in total. The molecule has 0 unspecified atom stereocenters. The fraction of sp³-hybridized carbons (Fsp3) is 0.400. The van der Waals surface area contributed by atoms with Gasteiger partial charge in [0.1, 0.15) is 0 Å². The molecule has 0 atom stereocenters. The molecular formula is C10H14BO. The minimum absolute atomic E-state index is 0.101.